The standard InChI is InChI=1S/C7H15NO3S/c1-8-7(2-4-9)3-5-12(10,11)6-7/h8-9H,2-6H2,1H3. The Labute approximate surface area is 72.9 Å². The van der Waals surface area contributed by atoms with Gasteiger partial charge in [-0.25, -0.2) is 8.42 Å². The fraction of sp³-hybridized carbons (Fsp3) is 1.00. The van der Waals surface area contributed by atoms with Gasteiger partial charge in [0.2, 0.25) is 0 Å². The maximum atomic E-state index is 11.2. The number of sulfone groups is 1. The predicted molar refractivity (Wildman–Crippen MR) is 46.8 cm³/mol. The smallest absolute Gasteiger partial charge is 0.152 e. The lowest BCUT2D eigenvalue weighted by Crippen LogP contribution is -2.44. The SMILES string of the molecule is CNC1(CCO)CCS(=O)(=O)C1. The van der Waals surface area contributed by atoms with Crippen molar-refractivity contribution in [2.45, 2.75) is 18.4 Å². The van der Waals surface area contributed by atoms with E-state index in [1.165, 1.54) is 0 Å². The molecule has 1 rings (SSSR count). The molecule has 1 unspecified atom stereocenters. The second kappa shape index (κ2) is 3.32. The van der Waals surface area contributed by atoms with E-state index in [2.05, 4.69) is 5.32 Å². The van der Waals surface area contributed by atoms with Gasteiger partial charge in [-0.3, -0.25) is 0 Å². The summed E-state index contributed by atoms with van der Waals surface area (Å²) in [4.78, 5) is 0. The summed E-state index contributed by atoms with van der Waals surface area (Å²) in [6.45, 7) is 0.0381. The molecule has 72 valence electrons. The summed E-state index contributed by atoms with van der Waals surface area (Å²) >= 11 is 0. The highest BCUT2D eigenvalue weighted by Gasteiger charge is 2.40. The summed E-state index contributed by atoms with van der Waals surface area (Å²) in [5.41, 5.74) is -0.367. The minimum absolute atomic E-state index is 0.0381. The molecule has 0 aromatic rings. The van der Waals surface area contributed by atoms with Gasteiger partial charge in [-0.05, 0) is 19.9 Å². The minimum atomic E-state index is -2.86. The molecule has 5 heteroatoms. The molecule has 0 aliphatic carbocycles. The Morgan fingerprint density at radius 1 is 1.58 bits per heavy atom. The van der Waals surface area contributed by atoms with Crippen molar-refractivity contribution >= 4 is 9.84 Å². The van der Waals surface area contributed by atoms with Crippen LogP contribution in [0.15, 0.2) is 0 Å². The summed E-state index contributed by atoms with van der Waals surface area (Å²) in [5, 5.41) is 11.8. The van der Waals surface area contributed by atoms with Crippen LogP contribution < -0.4 is 5.32 Å². The van der Waals surface area contributed by atoms with Crippen LogP contribution in [-0.2, 0) is 9.84 Å². The van der Waals surface area contributed by atoms with Crippen molar-refractivity contribution in [3.05, 3.63) is 0 Å². The first-order chi connectivity index (χ1) is 5.54. The van der Waals surface area contributed by atoms with E-state index in [1.54, 1.807) is 7.05 Å². The lowest BCUT2D eigenvalue weighted by Gasteiger charge is -2.25. The largest absolute Gasteiger partial charge is 0.396 e. The molecule has 0 aromatic carbocycles. The average molecular weight is 193 g/mol. The third-order valence-electron chi connectivity index (χ3n) is 2.51. The Morgan fingerprint density at radius 2 is 2.25 bits per heavy atom. The van der Waals surface area contributed by atoms with E-state index in [0.717, 1.165) is 0 Å². The van der Waals surface area contributed by atoms with Crippen LogP contribution in [0.25, 0.3) is 0 Å². The fourth-order valence-corrected chi connectivity index (χ4v) is 3.77. The normalized spacial score (nSPS) is 33.8. The van der Waals surface area contributed by atoms with E-state index in [9.17, 15) is 8.42 Å². The average Bonchev–Trinajstić information content (AvgIpc) is 2.29. The van der Waals surface area contributed by atoms with Crippen molar-refractivity contribution in [1.82, 2.24) is 5.32 Å². The van der Waals surface area contributed by atoms with Crippen LogP contribution in [0.5, 0.6) is 0 Å². The molecule has 1 aliphatic heterocycles. The number of rotatable bonds is 3. The molecule has 0 spiro atoms. The molecule has 12 heavy (non-hydrogen) atoms. The third kappa shape index (κ3) is 1.97. The number of aliphatic hydroxyl groups excluding tert-OH is 1. The first-order valence-corrected chi connectivity index (χ1v) is 5.86. The first-order valence-electron chi connectivity index (χ1n) is 4.04. The van der Waals surface area contributed by atoms with Crippen molar-refractivity contribution in [2.24, 2.45) is 0 Å². The molecular formula is C7H15NO3S. The Hall–Kier alpha value is -0.130. The second-order valence-corrected chi connectivity index (χ2v) is 5.53. The van der Waals surface area contributed by atoms with E-state index in [-0.39, 0.29) is 23.7 Å². The maximum Gasteiger partial charge on any atom is 0.152 e. The summed E-state index contributed by atoms with van der Waals surface area (Å²) in [5.74, 6) is 0.408. The molecule has 0 aromatic heterocycles. The number of aliphatic hydroxyl groups is 1. The summed E-state index contributed by atoms with van der Waals surface area (Å²) in [7, 11) is -1.12. The van der Waals surface area contributed by atoms with Crippen LogP contribution in [-0.4, -0.2) is 44.2 Å². The second-order valence-electron chi connectivity index (χ2n) is 3.35. The van der Waals surface area contributed by atoms with Crippen LogP contribution in [0.3, 0.4) is 0 Å². The van der Waals surface area contributed by atoms with Gasteiger partial charge in [-0.15, -0.1) is 0 Å². The van der Waals surface area contributed by atoms with Gasteiger partial charge in [0.15, 0.2) is 9.84 Å². The van der Waals surface area contributed by atoms with E-state index in [4.69, 9.17) is 5.11 Å². The van der Waals surface area contributed by atoms with Crippen molar-refractivity contribution in [3.8, 4) is 0 Å². The Bertz CT molecular complexity index is 249. The van der Waals surface area contributed by atoms with Gasteiger partial charge in [-0.2, -0.15) is 0 Å². The number of hydrogen-bond acceptors (Lipinski definition) is 4. The molecule has 2 N–H and O–H groups in total. The highest BCUT2D eigenvalue weighted by Crippen LogP contribution is 2.25. The fourth-order valence-electron chi connectivity index (χ4n) is 1.65. The summed E-state index contributed by atoms with van der Waals surface area (Å²) in [6.07, 6.45) is 1.13. The quantitative estimate of drug-likeness (QED) is 0.612. The molecule has 1 aliphatic rings. The molecule has 1 heterocycles. The van der Waals surface area contributed by atoms with E-state index in [1.807, 2.05) is 0 Å². The third-order valence-corrected chi connectivity index (χ3v) is 4.33. The molecule has 0 amide bonds. The Kier molecular flexibility index (Phi) is 2.75. The Morgan fingerprint density at radius 3 is 2.58 bits per heavy atom. The zero-order chi connectivity index (χ0) is 9.24. The molecule has 1 saturated heterocycles. The van der Waals surface area contributed by atoms with Crippen LogP contribution in [0, 0.1) is 0 Å². The van der Waals surface area contributed by atoms with Gasteiger partial charge in [0.1, 0.15) is 0 Å². The zero-order valence-electron chi connectivity index (χ0n) is 7.21. The molecule has 0 radical (unpaired) electrons. The van der Waals surface area contributed by atoms with Gasteiger partial charge in [0, 0.05) is 12.1 Å². The topological polar surface area (TPSA) is 66.4 Å². The van der Waals surface area contributed by atoms with E-state index < -0.39 is 9.84 Å². The lowest BCUT2D eigenvalue weighted by molar-refractivity contribution is 0.230. The first kappa shape index (κ1) is 9.95. The molecule has 1 atom stereocenters. The predicted octanol–water partition coefficient (Wildman–Crippen LogP) is -0.854. The lowest BCUT2D eigenvalue weighted by atomic mass is 9.95. The van der Waals surface area contributed by atoms with E-state index >= 15 is 0 Å². The van der Waals surface area contributed by atoms with Crippen molar-refractivity contribution in [3.63, 3.8) is 0 Å². The van der Waals surface area contributed by atoms with Crippen molar-refractivity contribution in [2.75, 3.05) is 25.2 Å². The van der Waals surface area contributed by atoms with Gasteiger partial charge in [0.25, 0.3) is 0 Å². The molecule has 0 saturated carbocycles. The van der Waals surface area contributed by atoms with Crippen LogP contribution in [0.2, 0.25) is 0 Å². The molecule has 1 fully saturated rings. The summed E-state index contributed by atoms with van der Waals surface area (Å²) in [6, 6.07) is 0. The van der Waals surface area contributed by atoms with Gasteiger partial charge in [-0.1, -0.05) is 0 Å². The summed E-state index contributed by atoms with van der Waals surface area (Å²) < 4.78 is 22.3. The van der Waals surface area contributed by atoms with Crippen LogP contribution in [0.4, 0.5) is 0 Å². The minimum Gasteiger partial charge on any atom is -0.396 e. The molecule has 4 nitrogen and oxygen atoms in total. The van der Waals surface area contributed by atoms with Crippen molar-refractivity contribution < 1.29 is 13.5 Å². The highest BCUT2D eigenvalue weighted by molar-refractivity contribution is 7.91. The number of nitrogens with one attached hydrogen (secondary N) is 1. The monoisotopic (exact) mass is 193 g/mol. The maximum absolute atomic E-state index is 11.2. The molecular weight excluding hydrogens is 178 g/mol. The van der Waals surface area contributed by atoms with E-state index in [0.29, 0.717) is 12.8 Å². The van der Waals surface area contributed by atoms with Gasteiger partial charge >= 0.3 is 0 Å². The van der Waals surface area contributed by atoms with Crippen molar-refractivity contribution in [1.29, 1.82) is 0 Å². The number of hydrogen-bond donors (Lipinski definition) is 2. The van der Waals surface area contributed by atoms with Crippen LogP contribution >= 0.6 is 0 Å². The Balaban J connectivity index is 2.72. The van der Waals surface area contributed by atoms with Crippen LogP contribution in [0.1, 0.15) is 12.8 Å². The highest BCUT2D eigenvalue weighted by atomic mass is 32.2. The van der Waals surface area contributed by atoms with Gasteiger partial charge in [0.05, 0.1) is 11.5 Å². The zero-order valence-corrected chi connectivity index (χ0v) is 8.02. The molecule has 0 bridgehead atoms. The van der Waals surface area contributed by atoms with Gasteiger partial charge < -0.3 is 10.4 Å².